The van der Waals surface area contributed by atoms with E-state index in [2.05, 4.69) is 125 Å². The van der Waals surface area contributed by atoms with Crippen LogP contribution < -0.4 is 0 Å². The Hall–Kier alpha value is -3.12. The van der Waals surface area contributed by atoms with Crippen molar-refractivity contribution in [1.82, 2.24) is 0 Å². The molecule has 0 saturated carbocycles. The summed E-state index contributed by atoms with van der Waals surface area (Å²) in [6.45, 7) is 9.37. The summed E-state index contributed by atoms with van der Waals surface area (Å²) in [6.07, 6.45) is 3.21. The van der Waals surface area contributed by atoms with Gasteiger partial charge >= 0.3 is 0 Å². The summed E-state index contributed by atoms with van der Waals surface area (Å²) in [5.74, 6) is 1.22. The lowest BCUT2D eigenvalue weighted by Crippen LogP contribution is -2.09. The Labute approximate surface area is 200 Å². The molecule has 0 N–H and O–H groups in total. The molecule has 0 amide bonds. The summed E-state index contributed by atoms with van der Waals surface area (Å²) in [7, 11) is 0. The van der Waals surface area contributed by atoms with Gasteiger partial charge in [-0.2, -0.15) is 0 Å². The molecule has 0 saturated heterocycles. The standard InChI is InChI=1S/C33H36/c1-24(2)21-32-28(23-26-13-7-5-8-14-26)19-20-31(33(32)22-25(3)4)30-18-12-11-17-29(30)27-15-9-6-10-16-27/h5-20,24-25H,21-23H2,1-4H3. The highest BCUT2D eigenvalue weighted by molar-refractivity contribution is 5.85. The first kappa shape index (κ1) is 23.1. The zero-order valence-corrected chi connectivity index (χ0v) is 20.5. The first-order chi connectivity index (χ1) is 16.0. The van der Waals surface area contributed by atoms with Crippen molar-refractivity contribution in [1.29, 1.82) is 0 Å². The third kappa shape index (κ3) is 5.63. The van der Waals surface area contributed by atoms with Crippen molar-refractivity contribution in [2.24, 2.45) is 11.8 Å². The van der Waals surface area contributed by atoms with Gasteiger partial charge in [-0.1, -0.05) is 125 Å². The van der Waals surface area contributed by atoms with Gasteiger partial charge in [-0.3, -0.25) is 0 Å². The van der Waals surface area contributed by atoms with E-state index in [1.807, 2.05) is 0 Å². The molecule has 168 valence electrons. The number of hydrogen-bond acceptors (Lipinski definition) is 0. The zero-order chi connectivity index (χ0) is 23.2. The molecule has 0 radical (unpaired) electrons. The van der Waals surface area contributed by atoms with Gasteiger partial charge in [-0.15, -0.1) is 0 Å². The molecule has 4 aromatic rings. The minimum Gasteiger partial charge on any atom is -0.0625 e. The van der Waals surface area contributed by atoms with Crippen LogP contribution in [0.3, 0.4) is 0 Å². The Balaban J connectivity index is 1.91. The fraction of sp³-hybridized carbons (Fsp3) is 0.273. The Kier molecular flexibility index (Phi) is 7.45. The van der Waals surface area contributed by atoms with Gasteiger partial charge in [0.25, 0.3) is 0 Å². The fourth-order valence-corrected chi connectivity index (χ4v) is 4.87. The van der Waals surface area contributed by atoms with Gasteiger partial charge in [0.1, 0.15) is 0 Å². The van der Waals surface area contributed by atoms with Gasteiger partial charge in [-0.25, -0.2) is 0 Å². The number of benzene rings is 4. The van der Waals surface area contributed by atoms with Crippen LogP contribution >= 0.6 is 0 Å². The van der Waals surface area contributed by atoms with E-state index in [4.69, 9.17) is 0 Å². The van der Waals surface area contributed by atoms with E-state index >= 15 is 0 Å². The molecule has 33 heavy (non-hydrogen) atoms. The molecule has 0 fully saturated rings. The van der Waals surface area contributed by atoms with Crippen LogP contribution in [0.15, 0.2) is 97.1 Å². The van der Waals surface area contributed by atoms with Crippen LogP contribution in [-0.2, 0) is 19.3 Å². The van der Waals surface area contributed by atoms with Gasteiger partial charge < -0.3 is 0 Å². The van der Waals surface area contributed by atoms with Crippen LogP contribution in [0.2, 0.25) is 0 Å². The number of hydrogen-bond donors (Lipinski definition) is 0. The molecular formula is C33H36. The Morgan fingerprint density at radius 3 is 1.67 bits per heavy atom. The molecule has 0 aromatic heterocycles. The van der Waals surface area contributed by atoms with Crippen molar-refractivity contribution >= 4 is 0 Å². The molecular weight excluding hydrogens is 396 g/mol. The summed E-state index contributed by atoms with van der Waals surface area (Å²) < 4.78 is 0. The minimum atomic E-state index is 0.602. The van der Waals surface area contributed by atoms with E-state index < -0.39 is 0 Å². The van der Waals surface area contributed by atoms with Gasteiger partial charge in [0, 0.05) is 0 Å². The average Bonchev–Trinajstić information content (AvgIpc) is 2.82. The topological polar surface area (TPSA) is 0 Å². The summed E-state index contributed by atoms with van der Waals surface area (Å²) in [5, 5.41) is 0. The van der Waals surface area contributed by atoms with Crippen molar-refractivity contribution < 1.29 is 0 Å². The van der Waals surface area contributed by atoms with E-state index in [-0.39, 0.29) is 0 Å². The van der Waals surface area contributed by atoms with Crippen LogP contribution in [0.4, 0.5) is 0 Å². The highest BCUT2D eigenvalue weighted by atomic mass is 14.2. The maximum Gasteiger partial charge on any atom is -0.00229 e. The molecule has 0 atom stereocenters. The predicted molar refractivity (Wildman–Crippen MR) is 144 cm³/mol. The lowest BCUT2D eigenvalue weighted by atomic mass is 9.81. The maximum atomic E-state index is 2.39. The number of rotatable bonds is 8. The highest BCUT2D eigenvalue weighted by Crippen LogP contribution is 2.38. The van der Waals surface area contributed by atoms with Gasteiger partial charge in [0.2, 0.25) is 0 Å². The summed E-state index contributed by atoms with van der Waals surface area (Å²) in [4.78, 5) is 0. The highest BCUT2D eigenvalue weighted by Gasteiger charge is 2.19. The quantitative estimate of drug-likeness (QED) is 0.260. The molecule has 0 aliphatic carbocycles. The third-order valence-corrected chi connectivity index (χ3v) is 6.29. The lowest BCUT2D eigenvalue weighted by Gasteiger charge is -2.23. The smallest absolute Gasteiger partial charge is 0.00229 e. The van der Waals surface area contributed by atoms with E-state index in [1.165, 1.54) is 38.9 Å². The molecule has 0 nitrogen and oxygen atoms in total. The van der Waals surface area contributed by atoms with E-state index in [0.29, 0.717) is 11.8 Å². The van der Waals surface area contributed by atoms with E-state index in [9.17, 15) is 0 Å². The molecule has 0 spiro atoms. The molecule has 0 aliphatic rings. The second-order valence-corrected chi connectivity index (χ2v) is 10.00. The second-order valence-electron chi connectivity index (χ2n) is 10.00. The zero-order valence-electron chi connectivity index (χ0n) is 20.5. The van der Waals surface area contributed by atoms with Crippen LogP contribution in [0.1, 0.15) is 49.9 Å². The fourth-order valence-electron chi connectivity index (χ4n) is 4.87. The normalized spacial score (nSPS) is 11.3. The Morgan fingerprint density at radius 2 is 1.03 bits per heavy atom. The average molecular weight is 433 g/mol. The largest absolute Gasteiger partial charge is 0.0625 e. The van der Waals surface area contributed by atoms with Gasteiger partial charge in [0.05, 0.1) is 0 Å². The maximum absolute atomic E-state index is 2.39. The molecule has 0 bridgehead atoms. The molecule has 0 heteroatoms. The third-order valence-electron chi connectivity index (χ3n) is 6.29. The van der Waals surface area contributed by atoms with Crippen LogP contribution in [0, 0.1) is 11.8 Å². The Bertz CT molecular complexity index is 1170. The van der Waals surface area contributed by atoms with Gasteiger partial charge in [-0.05, 0) is 75.6 Å². The minimum absolute atomic E-state index is 0.602. The molecule has 4 aromatic carbocycles. The second kappa shape index (κ2) is 10.7. The molecule has 4 rings (SSSR count). The van der Waals surface area contributed by atoms with Crippen LogP contribution in [-0.4, -0.2) is 0 Å². The molecule has 0 unspecified atom stereocenters. The van der Waals surface area contributed by atoms with Crippen molar-refractivity contribution in [2.45, 2.75) is 47.0 Å². The first-order valence-electron chi connectivity index (χ1n) is 12.3. The van der Waals surface area contributed by atoms with E-state index in [1.54, 1.807) is 5.56 Å². The predicted octanol–water partition coefficient (Wildman–Crippen LogP) is 9.01. The van der Waals surface area contributed by atoms with Crippen molar-refractivity contribution in [2.75, 3.05) is 0 Å². The summed E-state index contributed by atoms with van der Waals surface area (Å²) >= 11 is 0. The van der Waals surface area contributed by atoms with Crippen molar-refractivity contribution in [3.63, 3.8) is 0 Å². The Morgan fingerprint density at radius 1 is 0.485 bits per heavy atom. The summed E-state index contributed by atoms with van der Waals surface area (Å²) in [5.41, 5.74) is 11.3. The van der Waals surface area contributed by atoms with Crippen molar-refractivity contribution in [3.8, 4) is 22.3 Å². The van der Waals surface area contributed by atoms with E-state index in [0.717, 1.165) is 19.3 Å². The van der Waals surface area contributed by atoms with Crippen LogP contribution in [0.25, 0.3) is 22.3 Å². The van der Waals surface area contributed by atoms with Gasteiger partial charge in [0.15, 0.2) is 0 Å². The molecule has 0 heterocycles. The monoisotopic (exact) mass is 432 g/mol. The van der Waals surface area contributed by atoms with Crippen molar-refractivity contribution in [3.05, 3.63) is 119 Å². The summed E-state index contributed by atoms with van der Waals surface area (Å²) in [6, 6.07) is 35.4. The van der Waals surface area contributed by atoms with Crippen LogP contribution in [0.5, 0.6) is 0 Å². The molecule has 0 aliphatic heterocycles. The SMILES string of the molecule is CC(C)Cc1c(Cc2ccccc2)ccc(-c2ccccc2-c2ccccc2)c1CC(C)C. The first-order valence-corrected chi connectivity index (χ1v) is 12.3. The lowest BCUT2D eigenvalue weighted by molar-refractivity contribution is 0.613.